The molecule has 1 saturated carbocycles. The van der Waals surface area contributed by atoms with Crippen LogP contribution in [0.5, 0.6) is 0 Å². The van der Waals surface area contributed by atoms with E-state index in [1.54, 1.807) is 0 Å². The zero-order valence-corrected chi connectivity index (χ0v) is 11.9. The van der Waals surface area contributed by atoms with Crippen LogP contribution in [0.1, 0.15) is 36.4 Å². The number of nitrogens with zero attached hydrogens (tertiary/aromatic N) is 1. The third-order valence-electron chi connectivity index (χ3n) is 3.89. The van der Waals surface area contributed by atoms with Crippen LogP contribution in [-0.4, -0.2) is 32.1 Å². The molecule has 1 aliphatic carbocycles. The molecule has 1 fully saturated rings. The quantitative estimate of drug-likeness (QED) is 0.795. The van der Waals surface area contributed by atoms with Crippen LogP contribution in [0.25, 0.3) is 0 Å². The Morgan fingerprint density at radius 3 is 2.50 bits per heavy atom. The Morgan fingerprint density at radius 1 is 1.28 bits per heavy atom. The molecule has 0 aromatic heterocycles. The molecule has 0 bridgehead atoms. The van der Waals surface area contributed by atoms with Crippen molar-refractivity contribution in [3.05, 3.63) is 35.4 Å². The van der Waals surface area contributed by atoms with E-state index in [0.717, 1.165) is 5.92 Å². The summed E-state index contributed by atoms with van der Waals surface area (Å²) in [6.45, 7) is 4.60. The highest BCUT2D eigenvalue weighted by molar-refractivity contribution is 5.24. The lowest BCUT2D eigenvalue weighted by Crippen LogP contribution is -2.27. The van der Waals surface area contributed by atoms with Gasteiger partial charge in [-0.3, -0.25) is 0 Å². The highest BCUT2D eigenvalue weighted by Crippen LogP contribution is 2.29. The normalized spacial score (nSPS) is 17.1. The van der Waals surface area contributed by atoms with Gasteiger partial charge >= 0.3 is 0 Å². The van der Waals surface area contributed by atoms with E-state index in [1.165, 1.54) is 43.5 Å². The Bertz CT molecular complexity index is 354. The van der Waals surface area contributed by atoms with Gasteiger partial charge in [0.05, 0.1) is 0 Å². The monoisotopic (exact) mass is 246 g/mol. The van der Waals surface area contributed by atoms with Crippen molar-refractivity contribution >= 4 is 0 Å². The van der Waals surface area contributed by atoms with Gasteiger partial charge in [0, 0.05) is 12.6 Å². The van der Waals surface area contributed by atoms with Crippen molar-refractivity contribution in [2.45, 2.75) is 32.2 Å². The summed E-state index contributed by atoms with van der Waals surface area (Å²) >= 11 is 0. The van der Waals surface area contributed by atoms with Crippen LogP contribution in [0, 0.1) is 12.8 Å². The second-order valence-corrected chi connectivity index (χ2v) is 5.75. The smallest absolute Gasteiger partial charge is 0.0329 e. The summed E-state index contributed by atoms with van der Waals surface area (Å²) in [4.78, 5) is 2.48. The highest BCUT2D eigenvalue weighted by Gasteiger charge is 2.22. The number of hydrogen-bond acceptors (Lipinski definition) is 2. The summed E-state index contributed by atoms with van der Waals surface area (Å²) < 4.78 is 0. The lowest BCUT2D eigenvalue weighted by Gasteiger charge is -2.21. The summed E-state index contributed by atoms with van der Waals surface area (Å²) in [6.07, 6.45) is 4.07. The van der Waals surface area contributed by atoms with Crippen molar-refractivity contribution in [3.63, 3.8) is 0 Å². The molecule has 2 rings (SSSR count). The molecule has 0 aliphatic heterocycles. The SMILES string of the molecule is CNC(CCN(C)CC1CC1)c1ccc(C)cc1. The molecule has 1 unspecified atom stereocenters. The number of benzene rings is 1. The Kier molecular flexibility index (Phi) is 4.79. The average Bonchev–Trinajstić information content (AvgIpc) is 3.16. The van der Waals surface area contributed by atoms with Crippen LogP contribution in [0.4, 0.5) is 0 Å². The molecule has 1 N–H and O–H groups in total. The number of aryl methyl sites for hydroxylation is 1. The van der Waals surface area contributed by atoms with E-state index in [9.17, 15) is 0 Å². The van der Waals surface area contributed by atoms with Crippen LogP contribution >= 0.6 is 0 Å². The molecule has 1 aromatic rings. The van der Waals surface area contributed by atoms with Gasteiger partial charge in [-0.25, -0.2) is 0 Å². The van der Waals surface area contributed by atoms with Crippen molar-refractivity contribution in [3.8, 4) is 0 Å². The average molecular weight is 246 g/mol. The van der Waals surface area contributed by atoms with E-state index in [2.05, 4.69) is 55.5 Å². The van der Waals surface area contributed by atoms with Crippen molar-refractivity contribution in [1.82, 2.24) is 10.2 Å². The fourth-order valence-corrected chi connectivity index (χ4v) is 2.46. The van der Waals surface area contributed by atoms with Crippen molar-refractivity contribution in [2.75, 3.05) is 27.2 Å². The van der Waals surface area contributed by atoms with E-state index in [4.69, 9.17) is 0 Å². The van der Waals surface area contributed by atoms with E-state index in [0.29, 0.717) is 6.04 Å². The van der Waals surface area contributed by atoms with E-state index >= 15 is 0 Å². The fraction of sp³-hybridized carbons (Fsp3) is 0.625. The van der Waals surface area contributed by atoms with Crippen molar-refractivity contribution in [2.24, 2.45) is 5.92 Å². The van der Waals surface area contributed by atoms with E-state index < -0.39 is 0 Å². The first-order valence-corrected chi connectivity index (χ1v) is 7.11. The van der Waals surface area contributed by atoms with Crippen LogP contribution in [0.3, 0.4) is 0 Å². The number of nitrogens with one attached hydrogen (secondary N) is 1. The second kappa shape index (κ2) is 6.35. The van der Waals surface area contributed by atoms with Gasteiger partial charge < -0.3 is 10.2 Å². The first-order valence-electron chi connectivity index (χ1n) is 7.11. The fourth-order valence-electron chi connectivity index (χ4n) is 2.46. The Hall–Kier alpha value is -0.860. The second-order valence-electron chi connectivity index (χ2n) is 5.75. The van der Waals surface area contributed by atoms with Gasteiger partial charge in [0.2, 0.25) is 0 Å². The number of hydrogen-bond donors (Lipinski definition) is 1. The minimum atomic E-state index is 0.479. The number of rotatable bonds is 7. The summed E-state index contributed by atoms with van der Waals surface area (Å²) in [5.74, 6) is 0.988. The zero-order chi connectivity index (χ0) is 13.0. The predicted octanol–water partition coefficient (Wildman–Crippen LogP) is 2.99. The van der Waals surface area contributed by atoms with Crippen LogP contribution in [-0.2, 0) is 0 Å². The predicted molar refractivity (Wildman–Crippen MR) is 77.8 cm³/mol. The maximum Gasteiger partial charge on any atom is 0.0329 e. The van der Waals surface area contributed by atoms with Gasteiger partial charge in [0.25, 0.3) is 0 Å². The van der Waals surface area contributed by atoms with Gasteiger partial charge in [0.1, 0.15) is 0 Å². The Labute approximate surface area is 111 Å². The molecule has 2 nitrogen and oxygen atoms in total. The van der Waals surface area contributed by atoms with Crippen molar-refractivity contribution < 1.29 is 0 Å². The molecule has 1 aromatic carbocycles. The summed E-state index contributed by atoms with van der Waals surface area (Å²) in [5, 5.41) is 3.44. The third-order valence-corrected chi connectivity index (χ3v) is 3.89. The lowest BCUT2D eigenvalue weighted by atomic mass is 10.0. The van der Waals surface area contributed by atoms with E-state index in [1.807, 2.05) is 0 Å². The minimum Gasteiger partial charge on any atom is -0.313 e. The maximum absolute atomic E-state index is 3.44. The van der Waals surface area contributed by atoms with Gasteiger partial charge in [-0.1, -0.05) is 29.8 Å². The van der Waals surface area contributed by atoms with Gasteiger partial charge in [-0.05, 0) is 58.3 Å². The van der Waals surface area contributed by atoms with Crippen LogP contribution in [0.15, 0.2) is 24.3 Å². The molecule has 2 heteroatoms. The van der Waals surface area contributed by atoms with E-state index in [-0.39, 0.29) is 0 Å². The Morgan fingerprint density at radius 2 is 1.94 bits per heavy atom. The van der Waals surface area contributed by atoms with Gasteiger partial charge in [0.15, 0.2) is 0 Å². The molecule has 18 heavy (non-hydrogen) atoms. The molecule has 1 atom stereocenters. The maximum atomic E-state index is 3.44. The molecule has 0 heterocycles. The minimum absolute atomic E-state index is 0.479. The largest absolute Gasteiger partial charge is 0.313 e. The van der Waals surface area contributed by atoms with Crippen molar-refractivity contribution in [1.29, 1.82) is 0 Å². The summed E-state index contributed by atoms with van der Waals surface area (Å²) in [5.41, 5.74) is 2.74. The zero-order valence-electron chi connectivity index (χ0n) is 11.9. The Balaban J connectivity index is 1.82. The highest BCUT2D eigenvalue weighted by atomic mass is 15.1. The molecule has 1 aliphatic rings. The standard InChI is InChI=1S/C16H26N2/c1-13-4-8-15(9-5-13)16(17-2)10-11-18(3)12-14-6-7-14/h4-5,8-9,14,16-17H,6-7,10-12H2,1-3H3. The third kappa shape index (κ3) is 4.11. The summed E-state index contributed by atoms with van der Waals surface area (Å²) in [7, 11) is 4.31. The molecule has 0 saturated heterocycles. The van der Waals surface area contributed by atoms with Crippen LogP contribution < -0.4 is 5.32 Å². The first-order chi connectivity index (χ1) is 8.69. The molecule has 0 amide bonds. The molecular weight excluding hydrogens is 220 g/mol. The molecule has 0 radical (unpaired) electrons. The van der Waals surface area contributed by atoms with Gasteiger partial charge in [-0.2, -0.15) is 0 Å². The topological polar surface area (TPSA) is 15.3 Å². The first kappa shape index (κ1) is 13.6. The molecule has 100 valence electrons. The van der Waals surface area contributed by atoms with Crippen LogP contribution in [0.2, 0.25) is 0 Å². The van der Waals surface area contributed by atoms with Gasteiger partial charge in [-0.15, -0.1) is 0 Å². The summed E-state index contributed by atoms with van der Waals surface area (Å²) in [6, 6.07) is 9.38. The molecule has 0 spiro atoms. The lowest BCUT2D eigenvalue weighted by molar-refractivity contribution is 0.299. The molecular formula is C16H26N2.